The molecule has 0 saturated carbocycles. The summed E-state index contributed by atoms with van der Waals surface area (Å²) in [4.78, 5) is 23.6. The van der Waals surface area contributed by atoms with E-state index in [2.05, 4.69) is 0 Å². The van der Waals surface area contributed by atoms with Gasteiger partial charge in [0.1, 0.15) is 0 Å². The summed E-state index contributed by atoms with van der Waals surface area (Å²) < 4.78 is 0. The molecule has 2 heterocycles. The van der Waals surface area contributed by atoms with Crippen LogP contribution in [0, 0.1) is 10.1 Å². The van der Waals surface area contributed by atoms with Gasteiger partial charge in [-0.25, -0.2) is 4.79 Å². The Morgan fingerprint density at radius 1 is 1.42 bits per heavy atom. The monoisotopic (exact) mass is 260 g/mol. The molecular formula is C13H12N2O4. The SMILES string of the molecule is O=C(O)C1=CN2CCCc3ccc([N+](=O)[O-])c(c32)C1. The summed E-state index contributed by atoms with van der Waals surface area (Å²) in [6, 6.07) is 3.27. The van der Waals surface area contributed by atoms with Crippen molar-refractivity contribution in [3.8, 4) is 0 Å². The van der Waals surface area contributed by atoms with Gasteiger partial charge in [-0.1, -0.05) is 6.07 Å². The molecule has 6 nitrogen and oxygen atoms in total. The average Bonchev–Trinajstić information content (AvgIpc) is 2.38. The Morgan fingerprint density at radius 3 is 2.89 bits per heavy atom. The third kappa shape index (κ3) is 1.76. The molecule has 0 aromatic heterocycles. The number of nitro benzene ring substituents is 1. The number of nitrogens with zero attached hydrogens (tertiary/aromatic N) is 2. The molecule has 0 unspecified atom stereocenters. The number of carboxylic acid groups (broad SMARTS) is 1. The summed E-state index contributed by atoms with van der Waals surface area (Å²) in [6.45, 7) is 0.706. The van der Waals surface area contributed by atoms with Crippen LogP contribution < -0.4 is 4.90 Å². The predicted octanol–water partition coefficient (Wildman–Crippen LogP) is 1.87. The Bertz CT molecular complexity index is 621. The lowest BCUT2D eigenvalue weighted by Crippen LogP contribution is -2.30. The van der Waals surface area contributed by atoms with Gasteiger partial charge in [-0.15, -0.1) is 0 Å². The molecule has 0 atom stereocenters. The van der Waals surface area contributed by atoms with Gasteiger partial charge < -0.3 is 10.0 Å². The van der Waals surface area contributed by atoms with Gasteiger partial charge >= 0.3 is 5.97 Å². The van der Waals surface area contributed by atoms with E-state index in [-0.39, 0.29) is 17.7 Å². The number of aliphatic carboxylic acids is 1. The van der Waals surface area contributed by atoms with Crippen LogP contribution in [0.3, 0.4) is 0 Å². The molecule has 0 saturated heterocycles. The van der Waals surface area contributed by atoms with Gasteiger partial charge in [-0.05, 0) is 18.4 Å². The van der Waals surface area contributed by atoms with Crippen molar-refractivity contribution in [2.24, 2.45) is 0 Å². The van der Waals surface area contributed by atoms with Crippen LogP contribution in [0.1, 0.15) is 17.5 Å². The highest BCUT2D eigenvalue weighted by Crippen LogP contribution is 2.40. The number of benzene rings is 1. The van der Waals surface area contributed by atoms with Crippen LogP contribution in [-0.2, 0) is 17.6 Å². The van der Waals surface area contributed by atoms with Crippen LogP contribution in [-0.4, -0.2) is 22.5 Å². The molecule has 1 aromatic carbocycles. The fourth-order valence-electron chi connectivity index (χ4n) is 2.81. The number of carbonyl (C=O) groups is 1. The third-order valence-corrected chi connectivity index (χ3v) is 3.62. The van der Waals surface area contributed by atoms with Crippen molar-refractivity contribution in [1.82, 2.24) is 0 Å². The minimum atomic E-state index is -1.02. The van der Waals surface area contributed by atoms with Gasteiger partial charge in [-0.2, -0.15) is 0 Å². The van der Waals surface area contributed by atoms with Gasteiger partial charge in [0.25, 0.3) is 5.69 Å². The standard InChI is InChI=1S/C13H12N2O4/c16-13(17)9-6-10-11(15(18)19)4-3-8-2-1-5-14(7-9)12(8)10/h3-4,7H,1-2,5-6H2,(H,16,17). The van der Waals surface area contributed by atoms with Crippen molar-refractivity contribution < 1.29 is 14.8 Å². The van der Waals surface area contributed by atoms with Crippen molar-refractivity contribution >= 4 is 17.3 Å². The lowest BCUT2D eigenvalue weighted by atomic mass is 9.90. The summed E-state index contributed by atoms with van der Waals surface area (Å²) >= 11 is 0. The van der Waals surface area contributed by atoms with Crippen LogP contribution in [0.15, 0.2) is 23.9 Å². The first-order valence-corrected chi connectivity index (χ1v) is 6.07. The molecule has 98 valence electrons. The number of aryl methyl sites for hydroxylation is 1. The van der Waals surface area contributed by atoms with Crippen LogP contribution in [0.2, 0.25) is 0 Å². The summed E-state index contributed by atoms with van der Waals surface area (Å²) in [7, 11) is 0. The second-order valence-corrected chi connectivity index (χ2v) is 4.76. The van der Waals surface area contributed by atoms with Crippen LogP contribution in [0.25, 0.3) is 0 Å². The van der Waals surface area contributed by atoms with Gasteiger partial charge in [0.05, 0.1) is 21.7 Å². The van der Waals surface area contributed by atoms with E-state index < -0.39 is 10.9 Å². The van der Waals surface area contributed by atoms with E-state index in [1.807, 2.05) is 4.90 Å². The molecule has 0 aliphatic carbocycles. The lowest BCUT2D eigenvalue weighted by molar-refractivity contribution is -0.385. The number of anilines is 1. The maximum atomic E-state index is 11.1. The highest BCUT2D eigenvalue weighted by Gasteiger charge is 2.31. The van der Waals surface area contributed by atoms with Crippen molar-refractivity contribution in [1.29, 1.82) is 0 Å². The number of hydrogen-bond acceptors (Lipinski definition) is 4. The van der Waals surface area contributed by atoms with Crippen LogP contribution in [0.5, 0.6) is 0 Å². The molecule has 1 aromatic rings. The van der Waals surface area contributed by atoms with Gasteiger partial charge in [0.15, 0.2) is 0 Å². The number of rotatable bonds is 2. The van der Waals surface area contributed by atoms with E-state index in [4.69, 9.17) is 5.11 Å². The highest BCUT2D eigenvalue weighted by atomic mass is 16.6. The quantitative estimate of drug-likeness (QED) is 0.648. The zero-order valence-corrected chi connectivity index (χ0v) is 10.1. The summed E-state index contributed by atoms with van der Waals surface area (Å²) in [6.07, 6.45) is 3.53. The van der Waals surface area contributed by atoms with Crippen molar-refractivity contribution in [2.75, 3.05) is 11.4 Å². The molecular weight excluding hydrogens is 248 g/mol. The highest BCUT2D eigenvalue weighted by molar-refractivity contribution is 5.90. The second kappa shape index (κ2) is 4.08. The first-order valence-electron chi connectivity index (χ1n) is 6.07. The Hall–Kier alpha value is -2.37. The fourth-order valence-corrected chi connectivity index (χ4v) is 2.81. The smallest absolute Gasteiger partial charge is 0.333 e. The topological polar surface area (TPSA) is 83.7 Å². The molecule has 0 radical (unpaired) electrons. The minimum Gasteiger partial charge on any atom is -0.478 e. The van der Waals surface area contributed by atoms with E-state index >= 15 is 0 Å². The average molecular weight is 260 g/mol. The van der Waals surface area contributed by atoms with E-state index in [9.17, 15) is 14.9 Å². The maximum Gasteiger partial charge on any atom is 0.333 e. The van der Waals surface area contributed by atoms with Crippen LogP contribution in [0.4, 0.5) is 11.4 Å². The van der Waals surface area contributed by atoms with E-state index in [1.165, 1.54) is 6.07 Å². The molecule has 3 rings (SSSR count). The molecule has 19 heavy (non-hydrogen) atoms. The molecule has 0 spiro atoms. The van der Waals surface area contributed by atoms with E-state index in [1.54, 1.807) is 12.3 Å². The summed E-state index contributed by atoms with van der Waals surface area (Å²) in [5.41, 5.74) is 2.65. The first kappa shape index (κ1) is 11.7. The molecule has 2 aliphatic rings. The van der Waals surface area contributed by atoms with E-state index in [0.717, 1.165) is 24.1 Å². The van der Waals surface area contributed by atoms with Gasteiger partial charge in [-0.3, -0.25) is 10.1 Å². The third-order valence-electron chi connectivity index (χ3n) is 3.62. The van der Waals surface area contributed by atoms with Crippen LogP contribution >= 0.6 is 0 Å². The Balaban J connectivity index is 2.21. The normalized spacial score (nSPS) is 16.6. The predicted molar refractivity (Wildman–Crippen MR) is 68.2 cm³/mol. The summed E-state index contributed by atoms with van der Waals surface area (Å²) in [5.74, 6) is -1.02. The van der Waals surface area contributed by atoms with Gasteiger partial charge in [0, 0.05) is 25.2 Å². The van der Waals surface area contributed by atoms with E-state index in [0.29, 0.717) is 12.1 Å². The zero-order valence-electron chi connectivity index (χ0n) is 10.1. The second-order valence-electron chi connectivity index (χ2n) is 4.76. The largest absolute Gasteiger partial charge is 0.478 e. The van der Waals surface area contributed by atoms with Crippen molar-refractivity contribution in [3.05, 3.63) is 45.1 Å². The summed E-state index contributed by atoms with van der Waals surface area (Å²) in [5, 5.41) is 20.2. The fraction of sp³-hybridized carbons (Fsp3) is 0.308. The Kier molecular flexibility index (Phi) is 2.51. The number of hydrogen-bond donors (Lipinski definition) is 1. The Labute approximate surface area is 109 Å². The molecule has 1 N–H and O–H groups in total. The molecule has 0 fully saturated rings. The van der Waals surface area contributed by atoms with Crippen molar-refractivity contribution in [2.45, 2.75) is 19.3 Å². The zero-order chi connectivity index (χ0) is 13.6. The van der Waals surface area contributed by atoms with Crippen molar-refractivity contribution in [3.63, 3.8) is 0 Å². The molecule has 6 heteroatoms. The molecule has 0 amide bonds. The number of nitro groups is 1. The maximum absolute atomic E-state index is 11.1. The number of carboxylic acids is 1. The lowest BCUT2D eigenvalue weighted by Gasteiger charge is -2.33. The van der Waals surface area contributed by atoms with Gasteiger partial charge in [0.2, 0.25) is 0 Å². The molecule has 0 bridgehead atoms. The first-order chi connectivity index (χ1) is 9.08. The Morgan fingerprint density at radius 2 is 2.21 bits per heavy atom. The molecule has 2 aliphatic heterocycles. The minimum absolute atomic E-state index is 0.0116.